The standard InChI is InChI=1S/C16H22N6/c1-12(2)22-9-3-4-13(11-22)15-16(20-8-7-19-15)21-14-10-17-5-6-18-14/h5-8,10,12-13H,3-4,9,11H2,1-2H3,(H,18,20,21). The molecule has 3 heterocycles. The number of hydrogen-bond donors (Lipinski definition) is 1. The van der Waals surface area contributed by atoms with Crippen molar-refractivity contribution in [1.82, 2.24) is 24.8 Å². The SMILES string of the molecule is CC(C)N1CCCC(c2nccnc2Nc2cnccn2)C1. The molecule has 0 saturated carbocycles. The number of likely N-dealkylation sites (tertiary alicyclic amines) is 1. The van der Waals surface area contributed by atoms with Gasteiger partial charge in [-0.1, -0.05) is 0 Å². The van der Waals surface area contributed by atoms with Crippen LogP contribution in [-0.4, -0.2) is 44.0 Å². The van der Waals surface area contributed by atoms with Crippen molar-refractivity contribution in [3.8, 4) is 0 Å². The zero-order valence-corrected chi connectivity index (χ0v) is 13.1. The fourth-order valence-electron chi connectivity index (χ4n) is 2.93. The minimum Gasteiger partial charge on any atom is -0.322 e. The molecule has 0 radical (unpaired) electrons. The van der Waals surface area contributed by atoms with Gasteiger partial charge in [-0.25, -0.2) is 9.97 Å². The number of nitrogens with one attached hydrogen (secondary N) is 1. The molecule has 116 valence electrons. The molecule has 2 aromatic rings. The first-order chi connectivity index (χ1) is 10.7. The number of piperidine rings is 1. The van der Waals surface area contributed by atoms with E-state index in [0.29, 0.717) is 17.8 Å². The van der Waals surface area contributed by atoms with Gasteiger partial charge >= 0.3 is 0 Å². The van der Waals surface area contributed by atoms with Crippen LogP contribution in [0.25, 0.3) is 0 Å². The van der Waals surface area contributed by atoms with Gasteiger partial charge < -0.3 is 10.2 Å². The molecule has 0 spiro atoms. The van der Waals surface area contributed by atoms with E-state index >= 15 is 0 Å². The molecule has 6 heteroatoms. The highest BCUT2D eigenvalue weighted by Gasteiger charge is 2.26. The van der Waals surface area contributed by atoms with E-state index in [0.717, 1.165) is 24.5 Å². The van der Waals surface area contributed by atoms with Crippen LogP contribution in [0, 0.1) is 0 Å². The summed E-state index contributed by atoms with van der Waals surface area (Å²) in [6, 6.07) is 0.566. The lowest BCUT2D eigenvalue weighted by Gasteiger charge is -2.35. The highest BCUT2D eigenvalue weighted by atomic mass is 15.2. The molecule has 1 unspecified atom stereocenters. The van der Waals surface area contributed by atoms with Crippen LogP contribution in [0.5, 0.6) is 0 Å². The monoisotopic (exact) mass is 298 g/mol. The maximum absolute atomic E-state index is 4.59. The Labute approximate surface area is 131 Å². The molecule has 1 fully saturated rings. The second-order valence-electron chi connectivity index (χ2n) is 5.93. The zero-order chi connectivity index (χ0) is 15.4. The first-order valence-corrected chi connectivity index (χ1v) is 7.82. The summed E-state index contributed by atoms with van der Waals surface area (Å²) < 4.78 is 0. The first-order valence-electron chi connectivity index (χ1n) is 7.82. The Kier molecular flexibility index (Phi) is 4.58. The fourth-order valence-corrected chi connectivity index (χ4v) is 2.93. The molecule has 1 atom stereocenters. The lowest BCUT2D eigenvalue weighted by atomic mass is 9.93. The van der Waals surface area contributed by atoms with Gasteiger partial charge in [-0.2, -0.15) is 0 Å². The Balaban J connectivity index is 1.82. The van der Waals surface area contributed by atoms with Crippen molar-refractivity contribution < 1.29 is 0 Å². The number of rotatable bonds is 4. The van der Waals surface area contributed by atoms with Gasteiger partial charge in [0.2, 0.25) is 0 Å². The minimum atomic E-state index is 0.407. The lowest BCUT2D eigenvalue weighted by molar-refractivity contribution is 0.166. The van der Waals surface area contributed by atoms with E-state index in [4.69, 9.17) is 0 Å². The van der Waals surface area contributed by atoms with Crippen LogP contribution >= 0.6 is 0 Å². The average Bonchev–Trinajstić information content (AvgIpc) is 2.56. The molecule has 0 aromatic carbocycles. The van der Waals surface area contributed by atoms with Crippen molar-refractivity contribution in [3.63, 3.8) is 0 Å². The Morgan fingerprint density at radius 1 is 1.14 bits per heavy atom. The molecule has 3 rings (SSSR count). The van der Waals surface area contributed by atoms with Crippen molar-refractivity contribution in [2.45, 2.75) is 38.6 Å². The molecule has 1 N–H and O–H groups in total. The van der Waals surface area contributed by atoms with Gasteiger partial charge in [0.25, 0.3) is 0 Å². The number of hydrogen-bond acceptors (Lipinski definition) is 6. The normalized spacial score (nSPS) is 19.3. The summed E-state index contributed by atoms with van der Waals surface area (Å²) in [5.41, 5.74) is 1.03. The molecule has 6 nitrogen and oxygen atoms in total. The van der Waals surface area contributed by atoms with E-state index in [2.05, 4.69) is 44.0 Å². The molecule has 1 aliphatic heterocycles. The summed E-state index contributed by atoms with van der Waals surface area (Å²) in [4.78, 5) is 19.9. The lowest BCUT2D eigenvalue weighted by Crippen LogP contribution is -2.39. The van der Waals surface area contributed by atoms with E-state index in [1.54, 1.807) is 31.0 Å². The van der Waals surface area contributed by atoms with Gasteiger partial charge in [0.1, 0.15) is 5.82 Å². The molecular weight excluding hydrogens is 276 g/mol. The van der Waals surface area contributed by atoms with E-state index in [9.17, 15) is 0 Å². The van der Waals surface area contributed by atoms with Crippen LogP contribution in [0.2, 0.25) is 0 Å². The van der Waals surface area contributed by atoms with Crippen LogP contribution in [0.4, 0.5) is 11.6 Å². The molecule has 1 saturated heterocycles. The van der Waals surface area contributed by atoms with E-state index in [1.807, 2.05) is 0 Å². The van der Waals surface area contributed by atoms with Crippen molar-refractivity contribution in [3.05, 3.63) is 36.7 Å². The molecule has 1 aliphatic rings. The van der Waals surface area contributed by atoms with Gasteiger partial charge in [0.05, 0.1) is 11.9 Å². The topological polar surface area (TPSA) is 66.8 Å². The quantitative estimate of drug-likeness (QED) is 0.936. The summed E-state index contributed by atoms with van der Waals surface area (Å²) in [6.45, 7) is 6.70. The van der Waals surface area contributed by atoms with Gasteiger partial charge in [-0.3, -0.25) is 9.97 Å². The number of nitrogens with zero attached hydrogens (tertiary/aromatic N) is 5. The smallest absolute Gasteiger partial charge is 0.153 e. The zero-order valence-electron chi connectivity index (χ0n) is 13.1. The summed E-state index contributed by atoms with van der Waals surface area (Å²) in [5.74, 6) is 1.89. The molecule has 22 heavy (non-hydrogen) atoms. The second-order valence-corrected chi connectivity index (χ2v) is 5.93. The van der Waals surface area contributed by atoms with Gasteiger partial charge in [-0.05, 0) is 33.2 Å². The van der Waals surface area contributed by atoms with Crippen LogP contribution in [-0.2, 0) is 0 Å². The Morgan fingerprint density at radius 2 is 1.95 bits per heavy atom. The molecule has 2 aromatic heterocycles. The predicted octanol–water partition coefficient (Wildman–Crippen LogP) is 2.60. The van der Waals surface area contributed by atoms with E-state index in [1.165, 1.54) is 13.0 Å². The fraction of sp³-hybridized carbons (Fsp3) is 0.500. The summed E-state index contributed by atoms with van der Waals surface area (Å²) >= 11 is 0. The van der Waals surface area contributed by atoms with E-state index in [-0.39, 0.29) is 0 Å². The Bertz CT molecular complexity index is 601. The van der Waals surface area contributed by atoms with Crippen molar-refractivity contribution >= 4 is 11.6 Å². The minimum absolute atomic E-state index is 0.407. The van der Waals surface area contributed by atoms with Crippen molar-refractivity contribution in [2.24, 2.45) is 0 Å². The third-order valence-electron chi connectivity index (χ3n) is 4.11. The molecule has 0 bridgehead atoms. The Hall–Kier alpha value is -2.08. The van der Waals surface area contributed by atoms with Crippen molar-refractivity contribution in [2.75, 3.05) is 18.4 Å². The largest absolute Gasteiger partial charge is 0.322 e. The van der Waals surface area contributed by atoms with Crippen LogP contribution in [0.3, 0.4) is 0 Å². The highest BCUT2D eigenvalue weighted by Crippen LogP contribution is 2.30. The van der Waals surface area contributed by atoms with E-state index < -0.39 is 0 Å². The maximum Gasteiger partial charge on any atom is 0.153 e. The summed E-state index contributed by atoms with van der Waals surface area (Å²) in [5, 5.41) is 3.25. The highest BCUT2D eigenvalue weighted by molar-refractivity contribution is 5.53. The van der Waals surface area contributed by atoms with Gasteiger partial charge in [0, 0.05) is 43.3 Å². The first kappa shape index (κ1) is 14.8. The van der Waals surface area contributed by atoms with Crippen LogP contribution in [0.1, 0.15) is 38.3 Å². The summed E-state index contributed by atoms with van der Waals surface area (Å²) in [7, 11) is 0. The third-order valence-corrected chi connectivity index (χ3v) is 4.11. The molecule has 0 amide bonds. The summed E-state index contributed by atoms with van der Waals surface area (Å²) in [6.07, 6.45) is 10.8. The second kappa shape index (κ2) is 6.79. The molecule has 0 aliphatic carbocycles. The number of anilines is 2. The Morgan fingerprint density at radius 3 is 2.73 bits per heavy atom. The maximum atomic E-state index is 4.59. The predicted molar refractivity (Wildman–Crippen MR) is 86.0 cm³/mol. The van der Waals surface area contributed by atoms with Crippen LogP contribution < -0.4 is 5.32 Å². The third kappa shape index (κ3) is 3.39. The van der Waals surface area contributed by atoms with Crippen molar-refractivity contribution in [1.29, 1.82) is 0 Å². The molecular formula is C16H22N6. The van der Waals surface area contributed by atoms with Crippen LogP contribution in [0.15, 0.2) is 31.0 Å². The number of aromatic nitrogens is 4. The van der Waals surface area contributed by atoms with Gasteiger partial charge in [-0.15, -0.1) is 0 Å². The van der Waals surface area contributed by atoms with Gasteiger partial charge in [0.15, 0.2) is 5.82 Å². The average molecular weight is 298 g/mol.